The lowest BCUT2D eigenvalue weighted by Gasteiger charge is -2.39. The fourth-order valence-corrected chi connectivity index (χ4v) is 4.28. The number of methoxy groups -OCH3 is 1. The third-order valence-electron chi connectivity index (χ3n) is 5.59. The third kappa shape index (κ3) is 2.67. The van der Waals surface area contributed by atoms with Crippen molar-refractivity contribution in [2.24, 2.45) is 0 Å². The lowest BCUT2D eigenvalue weighted by molar-refractivity contribution is 0.415. The predicted octanol–water partition coefficient (Wildman–Crippen LogP) is 5.33. The first-order valence-electron chi connectivity index (χ1n) is 9.39. The molecule has 5 rings (SSSR count). The summed E-state index contributed by atoms with van der Waals surface area (Å²) in [6.07, 6.45) is 3.23. The number of fused-ring (bicyclic) bond motifs is 2. The zero-order chi connectivity index (χ0) is 18.2. The second-order valence-electron chi connectivity index (χ2n) is 7.04. The van der Waals surface area contributed by atoms with E-state index in [1.165, 1.54) is 27.8 Å². The summed E-state index contributed by atoms with van der Waals surface area (Å²) < 4.78 is 5.39. The van der Waals surface area contributed by atoms with Gasteiger partial charge in [0, 0.05) is 41.0 Å². The van der Waals surface area contributed by atoms with E-state index in [4.69, 9.17) is 4.74 Å². The number of aromatic amines is 1. The predicted molar refractivity (Wildman–Crippen MR) is 111 cm³/mol. The van der Waals surface area contributed by atoms with Crippen LogP contribution in [-0.4, -0.2) is 18.6 Å². The van der Waals surface area contributed by atoms with E-state index >= 15 is 0 Å². The summed E-state index contributed by atoms with van der Waals surface area (Å²) in [6.45, 7) is 1.01. The number of hydrogen-bond donors (Lipinski definition) is 1. The van der Waals surface area contributed by atoms with Gasteiger partial charge in [-0.2, -0.15) is 0 Å². The van der Waals surface area contributed by atoms with Crippen molar-refractivity contribution in [3.63, 3.8) is 0 Å². The maximum absolute atomic E-state index is 5.39. The Morgan fingerprint density at radius 3 is 2.59 bits per heavy atom. The van der Waals surface area contributed by atoms with Gasteiger partial charge in [0.2, 0.25) is 0 Å². The van der Waals surface area contributed by atoms with E-state index in [2.05, 4.69) is 82.8 Å². The molecule has 1 aromatic heterocycles. The summed E-state index contributed by atoms with van der Waals surface area (Å²) in [5, 5.41) is 1.25. The average molecular weight is 354 g/mol. The third-order valence-corrected chi connectivity index (χ3v) is 5.59. The normalized spacial score (nSPS) is 16.3. The minimum absolute atomic E-state index is 0.194. The summed E-state index contributed by atoms with van der Waals surface area (Å²) in [5.41, 5.74) is 6.52. The number of nitrogens with one attached hydrogen (secondary N) is 1. The Morgan fingerprint density at radius 2 is 1.74 bits per heavy atom. The second kappa shape index (κ2) is 6.51. The number of anilines is 1. The average Bonchev–Trinajstić information content (AvgIpc) is 3.16. The highest BCUT2D eigenvalue weighted by Crippen LogP contribution is 2.41. The van der Waals surface area contributed by atoms with Crippen LogP contribution in [0.3, 0.4) is 0 Å². The van der Waals surface area contributed by atoms with E-state index < -0.39 is 0 Å². The highest BCUT2D eigenvalue weighted by Gasteiger charge is 2.30. The van der Waals surface area contributed by atoms with Crippen molar-refractivity contribution in [1.29, 1.82) is 0 Å². The van der Waals surface area contributed by atoms with Crippen LogP contribution in [-0.2, 0) is 6.42 Å². The Bertz CT molecular complexity index is 1080. The summed E-state index contributed by atoms with van der Waals surface area (Å²) >= 11 is 0. The number of para-hydroxylation sites is 1. The van der Waals surface area contributed by atoms with Crippen molar-refractivity contribution in [3.05, 3.63) is 95.7 Å². The Hall–Kier alpha value is -3.20. The summed E-state index contributed by atoms with van der Waals surface area (Å²) in [5.74, 6) is 0.875. The molecule has 1 aliphatic heterocycles. The van der Waals surface area contributed by atoms with Crippen molar-refractivity contribution < 1.29 is 4.74 Å². The van der Waals surface area contributed by atoms with E-state index in [-0.39, 0.29) is 6.04 Å². The number of rotatable bonds is 3. The molecule has 1 N–H and O–H groups in total. The molecule has 2 heterocycles. The van der Waals surface area contributed by atoms with Crippen molar-refractivity contribution in [2.75, 3.05) is 18.6 Å². The van der Waals surface area contributed by atoms with E-state index in [0.717, 1.165) is 24.2 Å². The van der Waals surface area contributed by atoms with Gasteiger partial charge in [-0.25, -0.2) is 0 Å². The molecular weight excluding hydrogens is 332 g/mol. The van der Waals surface area contributed by atoms with Crippen LogP contribution in [0.15, 0.2) is 79.0 Å². The van der Waals surface area contributed by atoms with Crippen LogP contribution in [0.5, 0.6) is 5.75 Å². The van der Waals surface area contributed by atoms with Crippen LogP contribution in [0.25, 0.3) is 10.9 Å². The van der Waals surface area contributed by atoms with E-state index in [1.54, 1.807) is 7.11 Å². The maximum atomic E-state index is 5.39. The van der Waals surface area contributed by atoms with Gasteiger partial charge in [0.1, 0.15) is 5.75 Å². The first kappa shape index (κ1) is 16.0. The topological polar surface area (TPSA) is 28.3 Å². The van der Waals surface area contributed by atoms with Gasteiger partial charge in [-0.05, 0) is 41.8 Å². The molecule has 4 aromatic rings. The Balaban J connectivity index is 1.70. The van der Waals surface area contributed by atoms with Crippen molar-refractivity contribution in [1.82, 2.24) is 4.98 Å². The van der Waals surface area contributed by atoms with Crippen LogP contribution >= 0.6 is 0 Å². The molecule has 0 aliphatic carbocycles. The highest BCUT2D eigenvalue weighted by molar-refractivity contribution is 5.86. The standard InChI is InChI=1S/C24H22N2O/c1-27-19-11-12-21-22(16-25-23(21)15-19)24-20-10-6-5-7-17(20)13-14-26(24)18-8-3-2-4-9-18/h2-12,15-16,24-25H,13-14H2,1H3. The van der Waals surface area contributed by atoms with Gasteiger partial charge < -0.3 is 14.6 Å². The molecule has 3 aromatic carbocycles. The van der Waals surface area contributed by atoms with Crippen molar-refractivity contribution >= 4 is 16.6 Å². The number of hydrogen-bond acceptors (Lipinski definition) is 2. The molecule has 0 saturated heterocycles. The number of ether oxygens (including phenoxy) is 1. The summed E-state index contributed by atoms with van der Waals surface area (Å²) in [4.78, 5) is 5.98. The van der Waals surface area contributed by atoms with Gasteiger partial charge in [-0.3, -0.25) is 0 Å². The molecule has 1 atom stereocenters. The fourth-order valence-electron chi connectivity index (χ4n) is 4.28. The molecule has 1 aliphatic rings. The zero-order valence-corrected chi connectivity index (χ0v) is 15.4. The van der Waals surface area contributed by atoms with Gasteiger partial charge in [0.15, 0.2) is 0 Å². The largest absolute Gasteiger partial charge is 0.497 e. The lowest BCUT2D eigenvalue weighted by Crippen LogP contribution is -2.36. The minimum atomic E-state index is 0.194. The van der Waals surface area contributed by atoms with E-state index in [0.29, 0.717) is 0 Å². The Kier molecular flexibility index (Phi) is 3.86. The smallest absolute Gasteiger partial charge is 0.120 e. The molecule has 27 heavy (non-hydrogen) atoms. The molecule has 0 saturated carbocycles. The Morgan fingerprint density at radius 1 is 0.926 bits per heavy atom. The van der Waals surface area contributed by atoms with Gasteiger partial charge in [0.25, 0.3) is 0 Å². The van der Waals surface area contributed by atoms with Crippen LogP contribution in [0.4, 0.5) is 5.69 Å². The SMILES string of the molecule is COc1ccc2c(C3c4ccccc4CCN3c3ccccc3)c[nH]c2c1. The van der Waals surface area contributed by atoms with Crippen LogP contribution < -0.4 is 9.64 Å². The first-order chi connectivity index (χ1) is 13.3. The zero-order valence-electron chi connectivity index (χ0n) is 15.4. The molecule has 0 amide bonds. The van der Waals surface area contributed by atoms with E-state index in [9.17, 15) is 0 Å². The number of benzene rings is 3. The van der Waals surface area contributed by atoms with Gasteiger partial charge in [0.05, 0.1) is 13.2 Å². The summed E-state index contributed by atoms with van der Waals surface area (Å²) in [7, 11) is 1.71. The first-order valence-corrected chi connectivity index (χ1v) is 9.39. The molecule has 3 nitrogen and oxygen atoms in total. The van der Waals surface area contributed by atoms with Crippen LogP contribution in [0, 0.1) is 0 Å². The lowest BCUT2D eigenvalue weighted by atomic mass is 9.87. The molecule has 0 radical (unpaired) electrons. The molecular formula is C24H22N2O. The van der Waals surface area contributed by atoms with Crippen molar-refractivity contribution in [3.8, 4) is 5.75 Å². The molecule has 1 unspecified atom stereocenters. The van der Waals surface area contributed by atoms with Gasteiger partial charge in [-0.15, -0.1) is 0 Å². The summed E-state index contributed by atoms with van der Waals surface area (Å²) in [6, 6.07) is 26.0. The number of nitrogens with zero attached hydrogens (tertiary/aromatic N) is 1. The molecule has 0 bridgehead atoms. The number of aromatic nitrogens is 1. The Labute approximate surface area is 159 Å². The number of H-pyrrole nitrogens is 1. The molecule has 3 heteroatoms. The van der Waals surface area contributed by atoms with Gasteiger partial charge in [-0.1, -0.05) is 42.5 Å². The fraction of sp³-hybridized carbons (Fsp3) is 0.167. The quantitative estimate of drug-likeness (QED) is 0.539. The molecule has 0 fully saturated rings. The molecule has 134 valence electrons. The molecule has 0 spiro atoms. The van der Waals surface area contributed by atoms with Gasteiger partial charge >= 0.3 is 0 Å². The van der Waals surface area contributed by atoms with Crippen LogP contribution in [0.2, 0.25) is 0 Å². The van der Waals surface area contributed by atoms with E-state index in [1.807, 2.05) is 6.07 Å². The monoisotopic (exact) mass is 354 g/mol. The highest BCUT2D eigenvalue weighted by atomic mass is 16.5. The second-order valence-corrected chi connectivity index (χ2v) is 7.04. The minimum Gasteiger partial charge on any atom is -0.497 e. The van der Waals surface area contributed by atoms with Crippen molar-refractivity contribution in [2.45, 2.75) is 12.5 Å². The van der Waals surface area contributed by atoms with Crippen LogP contribution in [0.1, 0.15) is 22.7 Å². The maximum Gasteiger partial charge on any atom is 0.120 e.